The Morgan fingerprint density at radius 2 is 1.81 bits per heavy atom. The summed E-state index contributed by atoms with van der Waals surface area (Å²) in [7, 11) is 0. The fourth-order valence-corrected chi connectivity index (χ4v) is 4.66. The number of benzene rings is 1. The first kappa shape index (κ1) is 23.3. The first-order valence-electron chi connectivity index (χ1n) is 11.4. The smallest absolute Gasteiger partial charge is 0.132 e. The molecular formula is C27H35F2NO. The van der Waals surface area contributed by atoms with E-state index in [1.165, 1.54) is 25.0 Å². The van der Waals surface area contributed by atoms with Crippen LogP contribution in [0.4, 0.5) is 8.78 Å². The van der Waals surface area contributed by atoms with Crippen molar-refractivity contribution < 1.29 is 13.5 Å². The highest BCUT2D eigenvalue weighted by Gasteiger charge is 2.29. The number of rotatable bonds is 7. The maximum absolute atomic E-state index is 14.8. The summed E-state index contributed by atoms with van der Waals surface area (Å²) < 4.78 is 35.4. The van der Waals surface area contributed by atoms with Gasteiger partial charge < -0.3 is 9.64 Å². The molecule has 0 spiro atoms. The van der Waals surface area contributed by atoms with Crippen molar-refractivity contribution in [3.05, 3.63) is 77.7 Å². The average Bonchev–Trinajstić information content (AvgIpc) is 3.05. The van der Waals surface area contributed by atoms with E-state index in [4.69, 9.17) is 4.74 Å². The number of allylic oxidation sites excluding steroid dienone is 4. The number of hydrogen-bond acceptors (Lipinski definition) is 2. The third-order valence-electron chi connectivity index (χ3n) is 6.35. The van der Waals surface area contributed by atoms with Crippen molar-refractivity contribution >= 4 is 5.70 Å². The summed E-state index contributed by atoms with van der Waals surface area (Å²) in [5.74, 6) is 0.00869. The second-order valence-electron chi connectivity index (χ2n) is 9.09. The lowest BCUT2D eigenvalue weighted by atomic mass is 9.96. The van der Waals surface area contributed by atoms with E-state index in [1.54, 1.807) is 12.1 Å². The molecule has 0 aliphatic heterocycles. The Labute approximate surface area is 186 Å². The van der Waals surface area contributed by atoms with Gasteiger partial charge in [0.2, 0.25) is 0 Å². The molecule has 0 unspecified atom stereocenters. The lowest BCUT2D eigenvalue weighted by Crippen LogP contribution is -2.32. The van der Waals surface area contributed by atoms with Crippen LogP contribution in [0.1, 0.15) is 75.8 Å². The number of halogens is 2. The topological polar surface area (TPSA) is 12.5 Å². The highest BCUT2D eigenvalue weighted by molar-refractivity contribution is 5.67. The molecule has 1 aromatic carbocycles. The Bertz CT molecular complexity index is 855. The molecule has 2 nitrogen and oxygen atoms in total. The standard InChI is InChI=1S/C27H35F2NO/c1-20-12-11-15-25(29)26(20)22(3)30(24-14-8-7-13-23(28)18-24)19-21(2)31-27(4)16-9-5-6-10-17-27/h11-13,15,18H,2-3,5-10,14,16-17,19H2,1,4H3. The lowest BCUT2D eigenvalue weighted by molar-refractivity contribution is 0.000217. The van der Waals surface area contributed by atoms with Crippen LogP contribution in [0, 0.1) is 12.7 Å². The summed E-state index contributed by atoms with van der Waals surface area (Å²) in [6.07, 6.45) is 12.1. The minimum absolute atomic E-state index is 0.239. The number of ether oxygens (including phenoxy) is 1. The van der Waals surface area contributed by atoms with Crippen LogP contribution in [-0.2, 0) is 4.74 Å². The minimum Gasteiger partial charge on any atom is -0.491 e. The molecular weight excluding hydrogens is 392 g/mol. The van der Waals surface area contributed by atoms with E-state index in [0.717, 1.165) is 43.4 Å². The highest BCUT2D eigenvalue weighted by atomic mass is 19.1. The second kappa shape index (κ2) is 10.3. The zero-order valence-corrected chi connectivity index (χ0v) is 19.0. The number of nitrogens with zero attached hydrogens (tertiary/aromatic N) is 1. The van der Waals surface area contributed by atoms with Crippen LogP contribution in [0.3, 0.4) is 0 Å². The Morgan fingerprint density at radius 3 is 2.48 bits per heavy atom. The summed E-state index contributed by atoms with van der Waals surface area (Å²) >= 11 is 0. The SMILES string of the molecule is C=C(CN(C(=C)c1c(C)cccc1F)C1=CC(F)=CCCC1)OC1(C)CCCCCC1. The van der Waals surface area contributed by atoms with Crippen molar-refractivity contribution in [3.8, 4) is 0 Å². The van der Waals surface area contributed by atoms with Gasteiger partial charge in [-0.1, -0.05) is 38.1 Å². The van der Waals surface area contributed by atoms with E-state index >= 15 is 0 Å². The third-order valence-corrected chi connectivity index (χ3v) is 6.35. The molecule has 0 N–H and O–H groups in total. The zero-order valence-electron chi connectivity index (χ0n) is 19.0. The van der Waals surface area contributed by atoms with E-state index in [0.29, 0.717) is 36.4 Å². The summed E-state index contributed by atoms with van der Waals surface area (Å²) in [6.45, 7) is 12.7. The maximum atomic E-state index is 14.8. The summed E-state index contributed by atoms with van der Waals surface area (Å²) in [5, 5.41) is 0. The van der Waals surface area contributed by atoms with Crippen LogP contribution in [0.15, 0.2) is 60.8 Å². The van der Waals surface area contributed by atoms with E-state index in [1.807, 2.05) is 17.9 Å². The molecule has 4 heteroatoms. The van der Waals surface area contributed by atoms with Gasteiger partial charge in [-0.25, -0.2) is 8.78 Å². The maximum Gasteiger partial charge on any atom is 0.132 e. The molecule has 1 saturated carbocycles. The van der Waals surface area contributed by atoms with Gasteiger partial charge in [0.1, 0.15) is 23.0 Å². The fraction of sp³-hybridized carbons (Fsp3) is 0.481. The van der Waals surface area contributed by atoms with Crippen LogP contribution in [0.2, 0.25) is 0 Å². The van der Waals surface area contributed by atoms with Gasteiger partial charge in [0.15, 0.2) is 0 Å². The van der Waals surface area contributed by atoms with Crippen molar-refractivity contribution in [2.45, 2.75) is 77.2 Å². The zero-order chi connectivity index (χ0) is 22.4. The molecule has 2 aliphatic rings. The monoisotopic (exact) mass is 427 g/mol. The van der Waals surface area contributed by atoms with E-state index < -0.39 is 0 Å². The molecule has 2 aliphatic carbocycles. The summed E-state index contributed by atoms with van der Waals surface area (Å²) in [4.78, 5) is 1.88. The normalized spacial score (nSPS) is 18.8. The van der Waals surface area contributed by atoms with Gasteiger partial charge in [0.25, 0.3) is 0 Å². The molecule has 0 radical (unpaired) electrons. The predicted octanol–water partition coefficient (Wildman–Crippen LogP) is 7.97. The van der Waals surface area contributed by atoms with Crippen molar-refractivity contribution in [2.75, 3.05) is 6.54 Å². The summed E-state index contributed by atoms with van der Waals surface area (Å²) in [5.41, 5.74) is 2.28. The van der Waals surface area contributed by atoms with Crippen molar-refractivity contribution in [1.82, 2.24) is 4.90 Å². The Hall–Kier alpha value is -2.36. The molecule has 31 heavy (non-hydrogen) atoms. The van der Waals surface area contributed by atoms with Gasteiger partial charge in [0, 0.05) is 17.0 Å². The van der Waals surface area contributed by atoms with Crippen molar-refractivity contribution in [3.63, 3.8) is 0 Å². The number of aryl methyl sites for hydroxylation is 1. The first-order chi connectivity index (χ1) is 14.8. The van der Waals surface area contributed by atoms with Gasteiger partial charge in [-0.3, -0.25) is 0 Å². The largest absolute Gasteiger partial charge is 0.491 e. The third kappa shape index (κ3) is 6.09. The van der Waals surface area contributed by atoms with E-state index in [-0.39, 0.29) is 17.2 Å². The Kier molecular flexibility index (Phi) is 7.74. The first-order valence-corrected chi connectivity index (χ1v) is 11.4. The Balaban J connectivity index is 1.88. The molecule has 3 rings (SSSR count). The average molecular weight is 428 g/mol. The summed E-state index contributed by atoms with van der Waals surface area (Å²) in [6, 6.07) is 4.99. The molecule has 1 aromatic rings. The Morgan fingerprint density at radius 1 is 1.10 bits per heavy atom. The van der Waals surface area contributed by atoms with Crippen LogP contribution >= 0.6 is 0 Å². The van der Waals surface area contributed by atoms with Gasteiger partial charge in [-0.15, -0.1) is 0 Å². The molecule has 168 valence electrons. The molecule has 1 fully saturated rings. The van der Waals surface area contributed by atoms with E-state index in [2.05, 4.69) is 20.1 Å². The van der Waals surface area contributed by atoms with Crippen molar-refractivity contribution in [2.24, 2.45) is 0 Å². The van der Waals surface area contributed by atoms with E-state index in [9.17, 15) is 8.78 Å². The van der Waals surface area contributed by atoms with Crippen LogP contribution in [-0.4, -0.2) is 17.0 Å². The second-order valence-corrected chi connectivity index (χ2v) is 9.09. The molecule has 0 atom stereocenters. The molecule has 0 amide bonds. The quantitative estimate of drug-likeness (QED) is 0.323. The minimum atomic E-state index is -0.331. The van der Waals surface area contributed by atoms with Gasteiger partial charge >= 0.3 is 0 Å². The molecule has 0 heterocycles. The fourth-order valence-electron chi connectivity index (χ4n) is 4.66. The van der Waals surface area contributed by atoms with Crippen LogP contribution in [0.25, 0.3) is 5.70 Å². The van der Waals surface area contributed by atoms with Crippen LogP contribution < -0.4 is 0 Å². The molecule has 0 bridgehead atoms. The van der Waals surface area contributed by atoms with Crippen molar-refractivity contribution in [1.29, 1.82) is 0 Å². The van der Waals surface area contributed by atoms with Gasteiger partial charge in [-0.2, -0.15) is 0 Å². The van der Waals surface area contributed by atoms with Gasteiger partial charge in [0.05, 0.1) is 6.54 Å². The predicted molar refractivity (Wildman–Crippen MR) is 124 cm³/mol. The molecule has 0 aromatic heterocycles. The van der Waals surface area contributed by atoms with Gasteiger partial charge in [-0.05, 0) is 82.6 Å². The number of hydrogen-bond donors (Lipinski definition) is 0. The lowest BCUT2D eigenvalue weighted by Gasteiger charge is -2.35. The molecule has 0 saturated heterocycles. The van der Waals surface area contributed by atoms with Crippen LogP contribution in [0.5, 0.6) is 0 Å². The highest BCUT2D eigenvalue weighted by Crippen LogP contribution is 2.35.